The fourth-order valence-electron chi connectivity index (χ4n) is 3.93. The minimum absolute atomic E-state index is 0.0775. The molecule has 1 amide bonds. The first-order valence-corrected chi connectivity index (χ1v) is 10.0. The molecular weight excluding hydrogens is 409 g/mol. The van der Waals surface area contributed by atoms with E-state index in [9.17, 15) is 18.0 Å². The van der Waals surface area contributed by atoms with Crippen LogP contribution in [0.15, 0.2) is 36.7 Å². The summed E-state index contributed by atoms with van der Waals surface area (Å²) in [6.45, 7) is 1.43. The average Bonchev–Trinajstić information content (AvgIpc) is 3.15. The van der Waals surface area contributed by atoms with Gasteiger partial charge in [0.15, 0.2) is 0 Å². The Morgan fingerprint density at radius 1 is 1.16 bits per heavy atom. The Bertz CT molecular complexity index is 1120. The van der Waals surface area contributed by atoms with Gasteiger partial charge >= 0.3 is 6.18 Å². The molecule has 9 heteroatoms. The summed E-state index contributed by atoms with van der Waals surface area (Å²) in [5, 5.41) is 3.62. The third-order valence-corrected chi connectivity index (χ3v) is 5.51. The fraction of sp³-hybridized carbons (Fsp3) is 0.364. The van der Waals surface area contributed by atoms with Crippen LogP contribution in [-0.4, -0.2) is 40.6 Å². The third-order valence-electron chi connectivity index (χ3n) is 5.51. The Kier molecular flexibility index (Phi) is 5.51. The molecule has 0 saturated carbocycles. The van der Waals surface area contributed by atoms with E-state index in [-0.39, 0.29) is 17.3 Å². The third kappa shape index (κ3) is 4.17. The number of methoxy groups -OCH3 is 1. The number of carbonyl (C=O) groups is 1. The molecule has 0 unspecified atom stereocenters. The van der Waals surface area contributed by atoms with Crippen LogP contribution in [0.4, 0.5) is 24.7 Å². The largest absolute Gasteiger partial charge is 0.497 e. The predicted molar refractivity (Wildman–Crippen MR) is 112 cm³/mol. The number of alkyl halides is 3. The van der Waals surface area contributed by atoms with Crippen LogP contribution in [0.5, 0.6) is 5.75 Å². The van der Waals surface area contributed by atoms with Gasteiger partial charge in [0.1, 0.15) is 11.6 Å². The number of likely N-dealkylation sites (tertiary alicyclic amines) is 1. The molecule has 2 aromatic heterocycles. The van der Waals surface area contributed by atoms with Crippen LogP contribution in [0.3, 0.4) is 0 Å². The van der Waals surface area contributed by atoms with E-state index >= 15 is 0 Å². The second-order valence-electron chi connectivity index (χ2n) is 7.64. The van der Waals surface area contributed by atoms with Crippen molar-refractivity contribution in [3.05, 3.63) is 47.8 Å². The van der Waals surface area contributed by atoms with Crippen molar-refractivity contribution in [3.63, 3.8) is 0 Å². The average molecular weight is 432 g/mol. The van der Waals surface area contributed by atoms with Crippen molar-refractivity contribution in [1.29, 1.82) is 0 Å². The molecule has 0 spiro atoms. The van der Waals surface area contributed by atoms with Gasteiger partial charge in [0.05, 0.1) is 23.8 Å². The summed E-state index contributed by atoms with van der Waals surface area (Å²) in [4.78, 5) is 19.3. The van der Waals surface area contributed by atoms with Crippen molar-refractivity contribution < 1.29 is 22.7 Å². The lowest BCUT2D eigenvalue weighted by Crippen LogP contribution is -2.35. The van der Waals surface area contributed by atoms with Crippen molar-refractivity contribution in [3.8, 4) is 5.75 Å². The van der Waals surface area contributed by atoms with Crippen LogP contribution in [-0.2, 0) is 13.2 Å². The number of amides is 1. The van der Waals surface area contributed by atoms with Gasteiger partial charge in [-0.1, -0.05) is 0 Å². The van der Waals surface area contributed by atoms with Crippen molar-refractivity contribution >= 4 is 28.3 Å². The molecular formula is C22H23F3N4O2. The smallest absolute Gasteiger partial charge is 0.416 e. The summed E-state index contributed by atoms with van der Waals surface area (Å²) < 4.78 is 46.6. The predicted octanol–water partition coefficient (Wildman–Crippen LogP) is 4.97. The molecule has 3 heterocycles. The maximum atomic E-state index is 13.3. The van der Waals surface area contributed by atoms with Gasteiger partial charge in [-0.05, 0) is 37.5 Å². The molecule has 164 valence electrons. The number of piperidine rings is 1. The quantitative estimate of drug-likeness (QED) is 0.632. The van der Waals surface area contributed by atoms with Crippen LogP contribution in [0.1, 0.15) is 35.2 Å². The summed E-state index contributed by atoms with van der Waals surface area (Å²) in [6.07, 6.45) is 1.86. The normalized spacial score (nSPS) is 14.7. The Hall–Kier alpha value is -3.23. The SMILES string of the molecule is COc1cc(Nc2ncc(C(=O)N3CCCCC3)c3c2ccn3C)cc(C(F)(F)F)c1. The highest BCUT2D eigenvalue weighted by molar-refractivity contribution is 6.08. The summed E-state index contributed by atoms with van der Waals surface area (Å²) in [6, 6.07) is 5.21. The lowest BCUT2D eigenvalue weighted by molar-refractivity contribution is -0.137. The number of fused-ring (bicyclic) bond motifs is 1. The number of benzene rings is 1. The number of carbonyl (C=O) groups excluding carboxylic acids is 1. The highest BCUT2D eigenvalue weighted by Gasteiger charge is 2.31. The number of nitrogens with zero attached hydrogens (tertiary/aromatic N) is 3. The minimum atomic E-state index is -4.51. The molecule has 1 aliphatic heterocycles. The van der Waals surface area contributed by atoms with E-state index in [1.54, 1.807) is 12.3 Å². The molecule has 31 heavy (non-hydrogen) atoms. The monoisotopic (exact) mass is 432 g/mol. The van der Waals surface area contributed by atoms with Gasteiger partial charge in [0.25, 0.3) is 5.91 Å². The van der Waals surface area contributed by atoms with E-state index in [0.29, 0.717) is 22.3 Å². The summed E-state index contributed by atoms with van der Waals surface area (Å²) >= 11 is 0. The maximum absolute atomic E-state index is 13.3. The number of aryl methyl sites for hydroxylation is 1. The van der Waals surface area contributed by atoms with E-state index in [4.69, 9.17) is 4.74 Å². The second-order valence-corrected chi connectivity index (χ2v) is 7.64. The van der Waals surface area contributed by atoms with Gasteiger partial charge in [0, 0.05) is 49.7 Å². The molecule has 3 aromatic rings. The second kappa shape index (κ2) is 8.13. The van der Waals surface area contributed by atoms with E-state index in [0.717, 1.165) is 44.5 Å². The molecule has 0 radical (unpaired) electrons. The van der Waals surface area contributed by atoms with Gasteiger partial charge < -0.3 is 19.5 Å². The first-order valence-electron chi connectivity index (χ1n) is 10.0. The van der Waals surface area contributed by atoms with E-state index in [1.165, 1.54) is 19.4 Å². The minimum Gasteiger partial charge on any atom is -0.497 e. The molecule has 1 N–H and O–H groups in total. The number of rotatable bonds is 4. The van der Waals surface area contributed by atoms with E-state index in [2.05, 4.69) is 10.3 Å². The number of aromatic nitrogens is 2. The van der Waals surface area contributed by atoms with Gasteiger partial charge in [0.2, 0.25) is 0 Å². The zero-order valence-corrected chi connectivity index (χ0v) is 17.3. The van der Waals surface area contributed by atoms with Crippen LogP contribution < -0.4 is 10.1 Å². The number of pyridine rings is 1. The molecule has 1 saturated heterocycles. The molecule has 1 aliphatic rings. The lowest BCUT2D eigenvalue weighted by Gasteiger charge is -2.27. The zero-order chi connectivity index (χ0) is 22.2. The molecule has 0 aliphatic carbocycles. The van der Waals surface area contributed by atoms with E-state index < -0.39 is 11.7 Å². The standard InChI is InChI=1S/C22H23F3N4O2/c1-28-9-6-17-19(28)18(21(30)29-7-4-3-5-8-29)13-26-20(17)27-15-10-14(22(23,24)25)11-16(12-15)31-2/h6,9-13H,3-5,7-8H2,1-2H3,(H,26,27). The van der Waals surface area contributed by atoms with Gasteiger partial charge in [-0.15, -0.1) is 0 Å². The van der Waals surface area contributed by atoms with Crippen molar-refractivity contribution in [1.82, 2.24) is 14.5 Å². The topological polar surface area (TPSA) is 59.4 Å². The number of hydrogen-bond acceptors (Lipinski definition) is 4. The van der Waals surface area contributed by atoms with Crippen molar-refractivity contribution in [2.75, 3.05) is 25.5 Å². The van der Waals surface area contributed by atoms with Gasteiger partial charge in [-0.2, -0.15) is 13.2 Å². The van der Waals surface area contributed by atoms with Crippen LogP contribution in [0.2, 0.25) is 0 Å². The van der Waals surface area contributed by atoms with Crippen LogP contribution in [0.25, 0.3) is 10.9 Å². The molecule has 0 atom stereocenters. The Morgan fingerprint density at radius 3 is 2.58 bits per heavy atom. The molecule has 4 rings (SSSR count). The maximum Gasteiger partial charge on any atom is 0.416 e. The number of hydrogen-bond donors (Lipinski definition) is 1. The highest BCUT2D eigenvalue weighted by atomic mass is 19.4. The van der Waals surface area contributed by atoms with E-state index in [1.807, 2.05) is 16.5 Å². The van der Waals surface area contributed by atoms with Crippen LogP contribution in [0, 0.1) is 0 Å². The number of halogens is 3. The lowest BCUT2D eigenvalue weighted by atomic mass is 10.1. The van der Waals surface area contributed by atoms with Crippen molar-refractivity contribution in [2.45, 2.75) is 25.4 Å². The summed E-state index contributed by atoms with van der Waals surface area (Å²) in [5.74, 6) is 0.372. The molecule has 6 nitrogen and oxygen atoms in total. The number of nitrogens with one attached hydrogen (secondary N) is 1. The first kappa shape index (κ1) is 21.0. The van der Waals surface area contributed by atoms with Crippen molar-refractivity contribution in [2.24, 2.45) is 7.05 Å². The highest BCUT2D eigenvalue weighted by Crippen LogP contribution is 2.36. The van der Waals surface area contributed by atoms with Crippen LogP contribution >= 0.6 is 0 Å². The number of anilines is 2. The molecule has 0 bridgehead atoms. The molecule has 1 fully saturated rings. The Labute approximate surface area is 177 Å². The summed E-state index contributed by atoms with van der Waals surface area (Å²) in [5.41, 5.74) is 0.540. The first-order chi connectivity index (χ1) is 14.8. The number of ether oxygens (including phenoxy) is 1. The molecule has 1 aromatic carbocycles. The van der Waals surface area contributed by atoms with Gasteiger partial charge in [-0.25, -0.2) is 4.98 Å². The fourth-order valence-corrected chi connectivity index (χ4v) is 3.93. The Morgan fingerprint density at radius 2 is 1.90 bits per heavy atom. The zero-order valence-electron chi connectivity index (χ0n) is 17.3. The summed E-state index contributed by atoms with van der Waals surface area (Å²) in [7, 11) is 3.14. The Balaban J connectivity index is 1.73. The van der Waals surface area contributed by atoms with Gasteiger partial charge in [-0.3, -0.25) is 4.79 Å².